The molecule has 0 fully saturated rings. The van der Waals surface area contributed by atoms with E-state index in [1.807, 2.05) is 12.1 Å². The molecule has 0 aliphatic rings. The van der Waals surface area contributed by atoms with Crippen LogP contribution in [0, 0.1) is 0 Å². The molecule has 0 aliphatic carbocycles. The number of hydrogen-bond donors (Lipinski definition) is 2. The number of ether oxygens (including phenoxy) is 1. The molecule has 86 valence electrons. The predicted molar refractivity (Wildman–Crippen MR) is 60.5 cm³/mol. The van der Waals surface area contributed by atoms with Gasteiger partial charge in [-0.05, 0) is 18.2 Å². The van der Waals surface area contributed by atoms with Crippen molar-refractivity contribution in [1.82, 2.24) is 0 Å². The molecule has 1 amide bonds. The minimum absolute atomic E-state index is 0.246. The molecule has 1 aromatic carbocycles. The van der Waals surface area contributed by atoms with Crippen LogP contribution in [0.5, 0.6) is 5.75 Å². The van der Waals surface area contributed by atoms with E-state index >= 15 is 0 Å². The van der Waals surface area contributed by atoms with Crippen LogP contribution in [0.4, 0.5) is 5.69 Å². The number of carboxylic acid groups (broad SMARTS) is 1. The van der Waals surface area contributed by atoms with Crippen molar-refractivity contribution in [1.29, 1.82) is 0 Å². The highest BCUT2D eigenvalue weighted by Crippen LogP contribution is 2.22. The maximum Gasteiger partial charge on any atom is 0.290 e. The molecule has 0 spiro atoms. The van der Waals surface area contributed by atoms with Gasteiger partial charge in [0, 0.05) is 0 Å². The monoisotopic (exact) mass is 223 g/mol. The molecule has 0 bridgehead atoms. The van der Waals surface area contributed by atoms with E-state index < -0.39 is 0 Å². The van der Waals surface area contributed by atoms with Gasteiger partial charge < -0.3 is 15.2 Å². The summed E-state index contributed by atoms with van der Waals surface area (Å²) in [6.07, 6.45) is 1.21. The lowest BCUT2D eigenvalue weighted by Crippen LogP contribution is -2.08. The van der Waals surface area contributed by atoms with Crippen LogP contribution >= 0.6 is 0 Å². The van der Waals surface area contributed by atoms with Crippen LogP contribution in [0.15, 0.2) is 36.9 Å². The van der Waals surface area contributed by atoms with Crippen molar-refractivity contribution in [2.45, 2.75) is 0 Å². The fourth-order valence-corrected chi connectivity index (χ4v) is 0.932. The lowest BCUT2D eigenvalue weighted by Gasteiger charge is -2.07. The molecule has 0 atom stereocenters. The van der Waals surface area contributed by atoms with Crippen LogP contribution in [-0.2, 0) is 9.59 Å². The van der Waals surface area contributed by atoms with Crippen molar-refractivity contribution in [3.8, 4) is 5.75 Å². The summed E-state index contributed by atoms with van der Waals surface area (Å²) in [6.45, 7) is 3.11. The van der Waals surface area contributed by atoms with Crippen LogP contribution in [-0.4, -0.2) is 24.6 Å². The second kappa shape index (κ2) is 8.05. The number of methoxy groups -OCH3 is 1. The highest BCUT2D eigenvalue weighted by Gasteiger charge is 2.02. The van der Waals surface area contributed by atoms with Gasteiger partial charge in [0.1, 0.15) is 5.75 Å². The van der Waals surface area contributed by atoms with Gasteiger partial charge in [-0.3, -0.25) is 9.59 Å². The van der Waals surface area contributed by atoms with Crippen molar-refractivity contribution in [2.24, 2.45) is 0 Å². The van der Waals surface area contributed by atoms with Gasteiger partial charge in [0.15, 0.2) is 0 Å². The van der Waals surface area contributed by atoms with E-state index in [-0.39, 0.29) is 12.4 Å². The zero-order valence-corrected chi connectivity index (χ0v) is 8.84. The van der Waals surface area contributed by atoms with Gasteiger partial charge in [0.05, 0.1) is 12.8 Å². The van der Waals surface area contributed by atoms with E-state index in [1.54, 1.807) is 19.2 Å². The molecule has 0 heterocycles. The predicted octanol–water partition coefficient (Wildman–Crippen LogP) is 1.52. The summed E-state index contributed by atoms with van der Waals surface area (Å²) in [6, 6.07) is 7.20. The molecular weight excluding hydrogens is 210 g/mol. The zero-order chi connectivity index (χ0) is 12.4. The van der Waals surface area contributed by atoms with E-state index in [9.17, 15) is 4.79 Å². The first-order valence-electron chi connectivity index (χ1n) is 4.33. The summed E-state index contributed by atoms with van der Waals surface area (Å²) in [7, 11) is 1.55. The van der Waals surface area contributed by atoms with Gasteiger partial charge in [-0.2, -0.15) is 0 Å². The summed E-state index contributed by atoms with van der Waals surface area (Å²) in [5.74, 6) is 0.391. The first-order chi connectivity index (χ1) is 7.69. The van der Waals surface area contributed by atoms with Crippen LogP contribution in [0.2, 0.25) is 0 Å². The summed E-state index contributed by atoms with van der Waals surface area (Å²) in [5, 5.41) is 9.52. The van der Waals surface area contributed by atoms with Crippen LogP contribution < -0.4 is 10.1 Å². The Balaban J connectivity index is 0.000000673. The van der Waals surface area contributed by atoms with E-state index in [4.69, 9.17) is 14.6 Å². The number of rotatable bonds is 3. The number of carbonyl (C=O) groups excluding carboxylic acids is 1. The summed E-state index contributed by atoms with van der Waals surface area (Å²) in [5.41, 5.74) is 0.648. The number of para-hydroxylation sites is 2. The van der Waals surface area contributed by atoms with Crippen molar-refractivity contribution < 1.29 is 19.4 Å². The molecule has 1 rings (SSSR count). The molecule has 1 aromatic rings. The fraction of sp³-hybridized carbons (Fsp3) is 0.0909. The molecule has 0 saturated heterocycles. The Morgan fingerprint density at radius 2 is 2.06 bits per heavy atom. The Morgan fingerprint density at radius 3 is 2.56 bits per heavy atom. The molecule has 0 aliphatic heterocycles. The van der Waals surface area contributed by atoms with Crippen molar-refractivity contribution >= 4 is 18.1 Å². The maximum atomic E-state index is 11.0. The highest BCUT2D eigenvalue weighted by atomic mass is 16.5. The molecule has 0 radical (unpaired) electrons. The number of nitrogens with one attached hydrogen (secondary N) is 1. The van der Waals surface area contributed by atoms with E-state index in [1.165, 1.54) is 6.08 Å². The van der Waals surface area contributed by atoms with Gasteiger partial charge >= 0.3 is 0 Å². The largest absolute Gasteiger partial charge is 0.495 e. The van der Waals surface area contributed by atoms with Gasteiger partial charge in [0.25, 0.3) is 6.47 Å². The average molecular weight is 223 g/mol. The summed E-state index contributed by atoms with van der Waals surface area (Å²) in [4.78, 5) is 19.3. The third-order valence-corrected chi connectivity index (χ3v) is 1.55. The van der Waals surface area contributed by atoms with E-state index in [0.29, 0.717) is 11.4 Å². The third kappa shape index (κ3) is 4.80. The first-order valence-corrected chi connectivity index (χ1v) is 4.33. The van der Waals surface area contributed by atoms with E-state index in [0.717, 1.165) is 0 Å². The molecule has 0 unspecified atom stereocenters. The van der Waals surface area contributed by atoms with Crippen molar-refractivity contribution in [2.75, 3.05) is 12.4 Å². The number of carbonyl (C=O) groups is 2. The number of amides is 1. The summed E-state index contributed by atoms with van der Waals surface area (Å²) < 4.78 is 5.04. The highest BCUT2D eigenvalue weighted by molar-refractivity contribution is 5.99. The molecule has 5 heteroatoms. The van der Waals surface area contributed by atoms with Gasteiger partial charge in [-0.1, -0.05) is 18.7 Å². The van der Waals surface area contributed by atoms with Crippen LogP contribution in [0.25, 0.3) is 0 Å². The molecule has 0 aromatic heterocycles. The second-order valence-corrected chi connectivity index (χ2v) is 2.50. The van der Waals surface area contributed by atoms with Crippen LogP contribution in [0.1, 0.15) is 0 Å². The zero-order valence-electron chi connectivity index (χ0n) is 8.84. The number of anilines is 1. The normalized spacial score (nSPS) is 8.06. The third-order valence-electron chi connectivity index (χ3n) is 1.55. The van der Waals surface area contributed by atoms with Gasteiger partial charge in [-0.25, -0.2) is 0 Å². The quantitative estimate of drug-likeness (QED) is 0.601. The van der Waals surface area contributed by atoms with Crippen molar-refractivity contribution in [3.63, 3.8) is 0 Å². The fourth-order valence-electron chi connectivity index (χ4n) is 0.932. The molecule has 5 nitrogen and oxygen atoms in total. The molecule has 0 saturated carbocycles. The van der Waals surface area contributed by atoms with Crippen LogP contribution in [0.3, 0.4) is 0 Å². The topological polar surface area (TPSA) is 75.6 Å². The Morgan fingerprint density at radius 1 is 1.50 bits per heavy atom. The number of benzene rings is 1. The minimum Gasteiger partial charge on any atom is -0.495 e. The van der Waals surface area contributed by atoms with Gasteiger partial charge in [-0.15, -0.1) is 0 Å². The Labute approximate surface area is 93.4 Å². The van der Waals surface area contributed by atoms with E-state index in [2.05, 4.69) is 11.9 Å². The lowest BCUT2D eigenvalue weighted by molar-refractivity contribution is -0.122. The summed E-state index contributed by atoms with van der Waals surface area (Å²) >= 11 is 0. The lowest BCUT2D eigenvalue weighted by atomic mass is 10.3. The molecule has 2 N–H and O–H groups in total. The molecular formula is C11H13NO4. The van der Waals surface area contributed by atoms with Crippen molar-refractivity contribution in [3.05, 3.63) is 36.9 Å². The number of hydrogen-bond acceptors (Lipinski definition) is 3. The second-order valence-electron chi connectivity index (χ2n) is 2.50. The minimum atomic E-state index is -0.250. The Hall–Kier alpha value is -2.30. The smallest absolute Gasteiger partial charge is 0.290 e. The SMILES string of the molecule is C=CC(=O)Nc1ccccc1OC.O=CO. The Kier molecular flexibility index (Phi) is 6.89. The standard InChI is InChI=1S/C10H11NO2.CH2O2/c1-3-10(12)11-8-6-4-5-7-9(8)13-2;2-1-3/h3-7H,1H2,2H3,(H,11,12);1H,(H,2,3). The maximum absolute atomic E-state index is 11.0. The van der Waals surface area contributed by atoms with Gasteiger partial charge in [0.2, 0.25) is 5.91 Å². The molecule has 16 heavy (non-hydrogen) atoms. The first kappa shape index (κ1) is 13.7. The Bertz CT molecular complexity index is 363. The average Bonchev–Trinajstić information content (AvgIpc) is 2.30.